The van der Waals surface area contributed by atoms with E-state index in [1.54, 1.807) is 10.9 Å². The Morgan fingerprint density at radius 2 is 1.94 bits per heavy atom. The Kier molecular flexibility index (Phi) is 4.00. The van der Waals surface area contributed by atoms with Gasteiger partial charge in [0.1, 0.15) is 11.4 Å². The van der Waals surface area contributed by atoms with Crippen LogP contribution >= 0.6 is 0 Å². The van der Waals surface area contributed by atoms with Crippen LogP contribution in [-0.4, -0.2) is 34.2 Å². The molecule has 2 aliphatic rings. The van der Waals surface area contributed by atoms with Gasteiger partial charge in [-0.05, 0) is 56.1 Å². The normalized spacial score (nSPS) is 25.5. The van der Waals surface area contributed by atoms with Crippen LogP contribution in [0.4, 0.5) is 0 Å². The summed E-state index contributed by atoms with van der Waals surface area (Å²) in [5, 5.41) is 22.8. The van der Waals surface area contributed by atoms with Gasteiger partial charge in [0.05, 0.1) is 41.9 Å². The summed E-state index contributed by atoms with van der Waals surface area (Å²) in [5.74, 6) is 0.261. The van der Waals surface area contributed by atoms with E-state index in [1.165, 1.54) is 12.8 Å². The van der Waals surface area contributed by atoms with Gasteiger partial charge in [0.2, 0.25) is 0 Å². The number of hydrogen-bond acceptors (Lipinski definition) is 5. The second kappa shape index (κ2) is 6.77. The van der Waals surface area contributed by atoms with Gasteiger partial charge in [0, 0.05) is 30.9 Å². The van der Waals surface area contributed by atoms with E-state index in [1.807, 2.05) is 42.3 Å². The van der Waals surface area contributed by atoms with Crippen LogP contribution in [0.2, 0.25) is 0 Å². The molecule has 8 heteroatoms. The highest BCUT2D eigenvalue weighted by atomic mass is 15.3. The summed E-state index contributed by atoms with van der Waals surface area (Å²) < 4.78 is 5.74. The minimum Gasteiger partial charge on any atom is -0.275 e. The summed E-state index contributed by atoms with van der Waals surface area (Å²) in [6.07, 6.45) is 16.4. The summed E-state index contributed by atoms with van der Waals surface area (Å²) in [4.78, 5) is 4.92. The van der Waals surface area contributed by atoms with Gasteiger partial charge in [-0.2, -0.15) is 20.6 Å². The van der Waals surface area contributed by atoms with Crippen molar-refractivity contribution in [2.75, 3.05) is 0 Å². The van der Waals surface area contributed by atoms with Crippen molar-refractivity contribution in [2.24, 2.45) is 18.4 Å². The highest BCUT2D eigenvalue weighted by molar-refractivity contribution is 5.77. The van der Waals surface area contributed by atoms with E-state index in [-0.39, 0.29) is 5.92 Å². The number of hydrogen-bond donors (Lipinski definition) is 0. The number of nitrogens with zero attached hydrogens (tertiary/aromatic N) is 8. The molecule has 1 spiro atoms. The Morgan fingerprint density at radius 3 is 2.68 bits per heavy atom. The molecule has 0 radical (unpaired) electrons. The van der Waals surface area contributed by atoms with Gasteiger partial charge < -0.3 is 0 Å². The molecular formula is C23H24N8. The Labute approximate surface area is 180 Å². The average molecular weight is 413 g/mol. The van der Waals surface area contributed by atoms with E-state index < -0.39 is 0 Å². The number of aromatic nitrogens is 7. The van der Waals surface area contributed by atoms with Crippen molar-refractivity contribution in [1.82, 2.24) is 34.2 Å². The summed E-state index contributed by atoms with van der Waals surface area (Å²) in [5.41, 5.74) is 4.87. The Morgan fingerprint density at radius 1 is 1.10 bits per heavy atom. The van der Waals surface area contributed by atoms with Gasteiger partial charge in [-0.15, -0.1) is 0 Å². The molecule has 4 aromatic rings. The lowest BCUT2D eigenvalue weighted by Crippen LogP contribution is -2.41. The predicted octanol–water partition coefficient (Wildman–Crippen LogP) is 4.03. The maximum atomic E-state index is 9.16. The highest BCUT2D eigenvalue weighted by Gasteiger charge is 2.47. The zero-order valence-electron chi connectivity index (χ0n) is 17.5. The van der Waals surface area contributed by atoms with Crippen LogP contribution in [0.1, 0.15) is 44.6 Å². The molecule has 4 heterocycles. The molecule has 6 rings (SSSR count). The summed E-state index contributed by atoms with van der Waals surface area (Å²) in [6, 6.07) is 6.82. The SMILES string of the molecule is Cn1ccc(-c2cn3nccc3c(-c3cnn(C4CC5(CCC(C#N)CC5)C4)c3)n2)n1. The van der Waals surface area contributed by atoms with Gasteiger partial charge in [-0.1, -0.05) is 0 Å². The molecule has 2 fully saturated rings. The Bertz CT molecular complexity index is 1290. The summed E-state index contributed by atoms with van der Waals surface area (Å²) >= 11 is 0. The molecule has 4 aromatic heterocycles. The van der Waals surface area contributed by atoms with Crippen LogP contribution in [0, 0.1) is 22.7 Å². The maximum absolute atomic E-state index is 9.16. The smallest absolute Gasteiger partial charge is 0.112 e. The van der Waals surface area contributed by atoms with Crippen LogP contribution in [0.5, 0.6) is 0 Å². The molecule has 0 aromatic carbocycles. The number of rotatable bonds is 3. The largest absolute Gasteiger partial charge is 0.275 e. The summed E-state index contributed by atoms with van der Waals surface area (Å²) in [7, 11) is 1.90. The van der Waals surface area contributed by atoms with Crippen LogP contribution in [-0.2, 0) is 7.05 Å². The topological polar surface area (TPSA) is 89.6 Å². The van der Waals surface area contributed by atoms with Gasteiger partial charge >= 0.3 is 0 Å². The molecule has 0 amide bonds. The van der Waals surface area contributed by atoms with Gasteiger partial charge in [0.25, 0.3) is 0 Å². The zero-order valence-corrected chi connectivity index (χ0v) is 17.5. The second-order valence-electron chi connectivity index (χ2n) is 9.18. The first-order chi connectivity index (χ1) is 15.1. The molecule has 8 nitrogen and oxygen atoms in total. The van der Waals surface area contributed by atoms with E-state index in [4.69, 9.17) is 15.3 Å². The van der Waals surface area contributed by atoms with E-state index in [9.17, 15) is 0 Å². The van der Waals surface area contributed by atoms with Crippen LogP contribution in [0.15, 0.2) is 43.1 Å². The quantitative estimate of drug-likeness (QED) is 0.507. The van der Waals surface area contributed by atoms with Crippen molar-refractivity contribution in [3.63, 3.8) is 0 Å². The minimum atomic E-state index is 0.261. The van der Waals surface area contributed by atoms with Crippen molar-refractivity contribution >= 4 is 5.52 Å². The highest BCUT2D eigenvalue weighted by Crippen LogP contribution is 2.57. The van der Waals surface area contributed by atoms with E-state index >= 15 is 0 Å². The lowest BCUT2D eigenvalue weighted by atomic mass is 9.57. The first kappa shape index (κ1) is 18.3. The number of aryl methyl sites for hydroxylation is 1. The second-order valence-corrected chi connectivity index (χ2v) is 9.18. The molecular weight excluding hydrogens is 388 g/mol. The molecule has 0 bridgehead atoms. The monoisotopic (exact) mass is 412 g/mol. The van der Waals surface area contributed by atoms with Crippen molar-refractivity contribution in [2.45, 2.75) is 44.6 Å². The van der Waals surface area contributed by atoms with Gasteiger partial charge in [0.15, 0.2) is 0 Å². The maximum Gasteiger partial charge on any atom is 0.112 e. The lowest BCUT2D eigenvalue weighted by Gasteiger charge is -2.50. The fraction of sp³-hybridized carbons (Fsp3) is 0.435. The fourth-order valence-corrected chi connectivity index (χ4v) is 5.37. The van der Waals surface area contributed by atoms with Crippen molar-refractivity contribution < 1.29 is 0 Å². The Hall–Kier alpha value is -3.47. The van der Waals surface area contributed by atoms with Crippen LogP contribution in [0.25, 0.3) is 28.2 Å². The average Bonchev–Trinajstić information content (AvgIpc) is 3.51. The van der Waals surface area contributed by atoms with Gasteiger partial charge in [-0.25, -0.2) is 9.50 Å². The van der Waals surface area contributed by atoms with Crippen molar-refractivity contribution in [1.29, 1.82) is 5.26 Å². The van der Waals surface area contributed by atoms with Gasteiger partial charge in [-0.3, -0.25) is 9.36 Å². The first-order valence-corrected chi connectivity index (χ1v) is 10.9. The lowest BCUT2D eigenvalue weighted by molar-refractivity contribution is 0.00849. The molecule has 156 valence electrons. The number of fused-ring (bicyclic) bond motifs is 1. The molecule has 2 saturated carbocycles. The molecule has 31 heavy (non-hydrogen) atoms. The molecule has 2 aliphatic carbocycles. The molecule has 0 saturated heterocycles. The van der Waals surface area contributed by atoms with Crippen molar-refractivity contribution in [3.05, 3.63) is 43.1 Å². The first-order valence-electron chi connectivity index (χ1n) is 10.9. The van der Waals surface area contributed by atoms with E-state index in [2.05, 4.69) is 27.1 Å². The predicted molar refractivity (Wildman–Crippen MR) is 115 cm³/mol. The summed E-state index contributed by atoms with van der Waals surface area (Å²) in [6.45, 7) is 0. The minimum absolute atomic E-state index is 0.261. The zero-order chi connectivity index (χ0) is 21.0. The van der Waals surface area contributed by atoms with Crippen LogP contribution < -0.4 is 0 Å². The molecule has 0 unspecified atom stereocenters. The van der Waals surface area contributed by atoms with E-state index in [0.717, 1.165) is 53.8 Å². The van der Waals surface area contributed by atoms with E-state index in [0.29, 0.717) is 11.5 Å². The molecule has 0 aliphatic heterocycles. The third-order valence-corrected chi connectivity index (χ3v) is 7.18. The standard InChI is InChI=1S/C23H24N8/c1-29-9-5-19(28-29)20-15-31-21(4-8-25-31)22(27-20)17-13-26-30(14-17)18-10-23(11-18)6-2-16(12-24)3-7-23/h4-5,8-9,13-16,18H,2-3,6-7,10-11H2,1H3. The van der Waals surface area contributed by atoms with Crippen molar-refractivity contribution in [3.8, 4) is 28.7 Å². The van der Waals surface area contributed by atoms with Crippen LogP contribution in [0.3, 0.4) is 0 Å². The fourth-order valence-electron chi connectivity index (χ4n) is 5.37. The third kappa shape index (κ3) is 3.03. The third-order valence-electron chi connectivity index (χ3n) is 7.18. The Balaban J connectivity index is 1.28. The number of nitriles is 1. The molecule has 0 N–H and O–H groups in total. The molecule has 0 atom stereocenters.